The minimum atomic E-state index is -3.53. The molecule has 1 amide bonds. The van der Waals surface area contributed by atoms with Gasteiger partial charge in [-0.3, -0.25) is 4.79 Å². The molecule has 2 N–H and O–H groups in total. The van der Waals surface area contributed by atoms with Crippen LogP contribution in [0.1, 0.15) is 19.3 Å². The Morgan fingerprint density at radius 2 is 1.74 bits per heavy atom. The minimum Gasteiger partial charge on any atom is -0.381 e. The van der Waals surface area contributed by atoms with Crippen LogP contribution in [-0.2, 0) is 19.6 Å². The largest absolute Gasteiger partial charge is 0.381 e. The summed E-state index contributed by atoms with van der Waals surface area (Å²) in [7, 11) is -3.53. The molecule has 152 valence electrons. The van der Waals surface area contributed by atoms with Crippen LogP contribution in [0, 0.1) is 5.92 Å². The molecule has 2 heterocycles. The van der Waals surface area contributed by atoms with Crippen LogP contribution in [0.15, 0.2) is 35.2 Å². The first-order chi connectivity index (χ1) is 12.5. The van der Waals surface area contributed by atoms with Gasteiger partial charge in [0.1, 0.15) is 0 Å². The van der Waals surface area contributed by atoms with Gasteiger partial charge in [0.2, 0.25) is 15.9 Å². The molecular formula is C18H28ClN3O4S. The number of rotatable bonds is 4. The number of amides is 1. The van der Waals surface area contributed by atoms with Crippen LogP contribution < -0.4 is 5.73 Å². The second-order valence-electron chi connectivity index (χ2n) is 6.87. The van der Waals surface area contributed by atoms with Gasteiger partial charge in [-0.1, -0.05) is 18.2 Å². The van der Waals surface area contributed by atoms with Gasteiger partial charge in [-0.2, -0.15) is 4.31 Å². The van der Waals surface area contributed by atoms with E-state index in [1.165, 1.54) is 4.31 Å². The van der Waals surface area contributed by atoms with Crippen molar-refractivity contribution in [3.05, 3.63) is 30.3 Å². The first kappa shape index (κ1) is 22.1. The molecule has 7 nitrogen and oxygen atoms in total. The van der Waals surface area contributed by atoms with Crippen molar-refractivity contribution in [2.45, 2.75) is 30.2 Å². The lowest BCUT2D eigenvalue weighted by atomic mass is 9.91. The van der Waals surface area contributed by atoms with Crippen molar-refractivity contribution in [1.82, 2.24) is 9.21 Å². The van der Waals surface area contributed by atoms with Crippen molar-refractivity contribution in [2.75, 3.05) is 39.4 Å². The highest BCUT2D eigenvalue weighted by Gasteiger charge is 2.32. The summed E-state index contributed by atoms with van der Waals surface area (Å²) in [5, 5.41) is 0. The lowest BCUT2D eigenvalue weighted by Gasteiger charge is -2.31. The Labute approximate surface area is 167 Å². The van der Waals surface area contributed by atoms with E-state index in [1.807, 2.05) is 0 Å². The van der Waals surface area contributed by atoms with Crippen LogP contribution in [-0.4, -0.2) is 69.0 Å². The summed E-state index contributed by atoms with van der Waals surface area (Å²) in [4.78, 5) is 14.8. The first-order valence-corrected chi connectivity index (χ1v) is 10.6. The third-order valence-electron chi connectivity index (χ3n) is 5.21. The quantitative estimate of drug-likeness (QED) is 0.791. The van der Waals surface area contributed by atoms with Gasteiger partial charge in [0.25, 0.3) is 0 Å². The highest BCUT2D eigenvalue weighted by molar-refractivity contribution is 7.89. The maximum absolute atomic E-state index is 12.8. The normalized spacial score (nSPS) is 21.1. The van der Waals surface area contributed by atoms with E-state index in [9.17, 15) is 13.2 Å². The molecule has 2 fully saturated rings. The molecule has 0 spiro atoms. The van der Waals surface area contributed by atoms with Gasteiger partial charge in [-0.25, -0.2) is 8.42 Å². The third-order valence-corrected chi connectivity index (χ3v) is 7.12. The van der Waals surface area contributed by atoms with Crippen molar-refractivity contribution < 1.29 is 17.9 Å². The highest BCUT2D eigenvalue weighted by Crippen LogP contribution is 2.21. The molecule has 9 heteroatoms. The first-order valence-electron chi connectivity index (χ1n) is 9.17. The van der Waals surface area contributed by atoms with Crippen LogP contribution in [0.2, 0.25) is 0 Å². The lowest BCUT2D eigenvalue weighted by Crippen LogP contribution is -2.50. The van der Waals surface area contributed by atoms with Crippen LogP contribution >= 0.6 is 12.4 Å². The number of halogens is 1. The molecule has 3 rings (SSSR count). The molecule has 2 aliphatic rings. The third kappa shape index (κ3) is 5.20. The predicted molar refractivity (Wildman–Crippen MR) is 105 cm³/mol. The fourth-order valence-corrected chi connectivity index (χ4v) is 5.07. The maximum Gasteiger partial charge on any atom is 0.243 e. The second kappa shape index (κ2) is 9.84. The van der Waals surface area contributed by atoms with Gasteiger partial charge >= 0.3 is 0 Å². The number of carbonyl (C=O) groups is 1. The number of benzene rings is 1. The van der Waals surface area contributed by atoms with E-state index < -0.39 is 16.1 Å². The number of ether oxygens (including phenoxy) is 1. The van der Waals surface area contributed by atoms with E-state index in [-0.39, 0.29) is 24.2 Å². The van der Waals surface area contributed by atoms with Crippen molar-refractivity contribution in [3.63, 3.8) is 0 Å². The predicted octanol–water partition coefficient (Wildman–Crippen LogP) is 1.09. The Morgan fingerprint density at radius 1 is 1.07 bits per heavy atom. The zero-order valence-electron chi connectivity index (χ0n) is 15.3. The molecule has 2 saturated heterocycles. The van der Waals surface area contributed by atoms with Crippen molar-refractivity contribution >= 4 is 28.3 Å². The SMILES string of the molecule is Cl.NC(C(=O)N1CCCN(S(=O)(=O)c2ccccc2)CC1)C1CCOCC1. The number of sulfonamides is 1. The zero-order chi connectivity index (χ0) is 18.6. The summed E-state index contributed by atoms with van der Waals surface area (Å²) in [6.45, 7) is 2.92. The number of hydrogen-bond acceptors (Lipinski definition) is 5. The summed E-state index contributed by atoms with van der Waals surface area (Å²) in [5.74, 6) is 0.0690. The van der Waals surface area contributed by atoms with E-state index in [2.05, 4.69) is 0 Å². The van der Waals surface area contributed by atoms with E-state index in [1.54, 1.807) is 35.2 Å². The molecule has 2 aliphatic heterocycles. The Morgan fingerprint density at radius 3 is 2.41 bits per heavy atom. The molecule has 0 aromatic heterocycles. The van der Waals surface area contributed by atoms with E-state index in [0.29, 0.717) is 50.7 Å². The zero-order valence-corrected chi connectivity index (χ0v) is 17.0. The van der Waals surface area contributed by atoms with Crippen LogP contribution in [0.25, 0.3) is 0 Å². The van der Waals surface area contributed by atoms with Crippen molar-refractivity contribution in [1.29, 1.82) is 0 Å². The summed E-state index contributed by atoms with van der Waals surface area (Å²) in [5.41, 5.74) is 6.21. The molecule has 0 radical (unpaired) electrons. The minimum absolute atomic E-state index is 0. The molecule has 0 saturated carbocycles. The summed E-state index contributed by atoms with van der Waals surface area (Å²) in [6, 6.07) is 7.89. The number of nitrogens with zero attached hydrogens (tertiary/aromatic N) is 2. The Balaban J connectivity index is 0.00000261. The Kier molecular flexibility index (Phi) is 8.05. The Hall–Kier alpha value is -1.19. The van der Waals surface area contributed by atoms with Gasteiger partial charge in [0, 0.05) is 39.4 Å². The van der Waals surface area contributed by atoms with E-state index in [4.69, 9.17) is 10.5 Å². The molecular weight excluding hydrogens is 390 g/mol. The van der Waals surface area contributed by atoms with Crippen LogP contribution in [0.4, 0.5) is 0 Å². The summed E-state index contributed by atoms with van der Waals surface area (Å²) < 4.78 is 32.4. The van der Waals surface area contributed by atoms with Gasteiger partial charge in [-0.05, 0) is 37.3 Å². The fourth-order valence-electron chi connectivity index (χ4n) is 3.58. The standard InChI is InChI=1S/C18H27N3O4S.ClH/c19-17(15-7-13-25-14-8-15)18(22)20-9-4-10-21(12-11-20)26(23,24)16-5-2-1-3-6-16;/h1-3,5-6,15,17H,4,7-14,19H2;1H. The van der Waals surface area contributed by atoms with Gasteiger partial charge in [0.05, 0.1) is 10.9 Å². The molecule has 0 bridgehead atoms. The fraction of sp³-hybridized carbons (Fsp3) is 0.611. The molecule has 1 unspecified atom stereocenters. The van der Waals surface area contributed by atoms with Crippen molar-refractivity contribution in [3.8, 4) is 0 Å². The number of carbonyl (C=O) groups excluding carboxylic acids is 1. The summed E-state index contributed by atoms with van der Waals surface area (Å²) >= 11 is 0. The molecule has 1 aromatic carbocycles. The Bertz CT molecular complexity index is 711. The van der Waals surface area contributed by atoms with E-state index >= 15 is 0 Å². The smallest absolute Gasteiger partial charge is 0.243 e. The summed E-state index contributed by atoms with van der Waals surface area (Å²) in [6.07, 6.45) is 2.21. The van der Waals surface area contributed by atoms with Crippen molar-refractivity contribution in [2.24, 2.45) is 11.7 Å². The average Bonchev–Trinajstić information content (AvgIpc) is 2.95. The monoisotopic (exact) mass is 417 g/mol. The second-order valence-corrected chi connectivity index (χ2v) is 8.81. The average molecular weight is 418 g/mol. The number of nitrogens with two attached hydrogens (primary N) is 1. The van der Waals surface area contributed by atoms with Gasteiger partial charge in [0.15, 0.2) is 0 Å². The molecule has 27 heavy (non-hydrogen) atoms. The van der Waals surface area contributed by atoms with Crippen LogP contribution in [0.3, 0.4) is 0 Å². The van der Waals surface area contributed by atoms with Gasteiger partial charge in [-0.15, -0.1) is 12.4 Å². The molecule has 0 aliphatic carbocycles. The van der Waals surface area contributed by atoms with E-state index in [0.717, 1.165) is 12.8 Å². The maximum atomic E-state index is 12.8. The molecule has 1 atom stereocenters. The topological polar surface area (TPSA) is 92.9 Å². The van der Waals surface area contributed by atoms with Gasteiger partial charge < -0.3 is 15.4 Å². The number of hydrogen-bond donors (Lipinski definition) is 1. The highest BCUT2D eigenvalue weighted by atomic mass is 35.5. The lowest BCUT2D eigenvalue weighted by molar-refractivity contribution is -0.134. The van der Waals surface area contributed by atoms with Crippen LogP contribution in [0.5, 0.6) is 0 Å². The molecule has 1 aromatic rings.